The normalized spacial score (nSPS) is 17.0. The highest BCUT2D eigenvalue weighted by atomic mass is 16.5. The van der Waals surface area contributed by atoms with Gasteiger partial charge in [0.05, 0.1) is 36.6 Å². The van der Waals surface area contributed by atoms with Crippen LogP contribution >= 0.6 is 0 Å². The lowest BCUT2D eigenvalue weighted by atomic mass is 9.80. The first kappa shape index (κ1) is 19.9. The molecule has 1 N–H and O–H groups in total. The summed E-state index contributed by atoms with van der Waals surface area (Å²) >= 11 is 0. The molecular formula is C24H24N2O4. The minimum absolute atomic E-state index is 0.132. The second-order valence-corrected chi connectivity index (χ2v) is 7.61. The third-order valence-corrected chi connectivity index (χ3v) is 5.35. The van der Waals surface area contributed by atoms with Crippen LogP contribution in [0.2, 0.25) is 0 Å². The number of esters is 1. The smallest absolute Gasteiger partial charge is 0.307 e. The monoisotopic (exact) mass is 404 g/mol. The van der Waals surface area contributed by atoms with E-state index in [2.05, 4.69) is 17.0 Å². The average Bonchev–Trinajstić information content (AvgIpc) is 3.25. The van der Waals surface area contributed by atoms with Crippen LogP contribution < -0.4 is 5.32 Å². The fraction of sp³-hybridized carbons (Fsp3) is 0.292. The number of pyridine rings is 1. The molecule has 1 unspecified atom stereocenters. The standard InChI is InChI=1S/C24H24N2O4/c1-15-12-16(14-17-6-5-11-30-17)23-19(13-15)22(18-7-3-4-8-20(18)26-23)24(28)25-10-9-21(27)29-2/h3-8,11,14-15H,9-10,12-13H2,1-2H3,(H,25,28)/b16-14+. The van der Waals surface area contributed by atoms with Gasteiger partial charge in [-0.1, -0.05) is 25.1 Å². The van der Waals surface area contributed by atoms with Gasteiger partial charge >= 0.3 is 5.97 Å². The lowest BCUT2D eigenvalue weighted by Gasteiger charge is -2.26. The number of fused-ring (bicyclic) bond motifs is 2. The maximum atomic E-state index is 13.2. The summed E-state index contributed by atoms with van der Waals surface area (Å²) in [6.07, 6.45) is 5.42. The largest absolute Gasteiger partial charge is 0.469 e. The Hall–Kier alpha value is -3.41. The Balaban J connectivity index is 1.80. The van der Waals surface area contributed by atoms with Crippen molar-refractivity contribution in [3.63, 3.8) is 0 Å². The van der Waals surface area contributed by atoms with Gasteiger partial charge in [0.25, 0.3) is 5.91 Å². The average molecular weight is 404 g/mol. The molecule has 2 aromatic heterocycles. The number of rotatable bonds is 5. The Kier molecular flexibility index (Phi) is 5.65. The number of methoxy groups -OCH3 is 1. The maximum Gasteiger partial charge on any atom is 0.307 e. The fourth-order valence-electron chi connectivity index (χ4n) is 4.01. The molecular weight excluding hydrogens is 380 g/mol. The van der Waals surface area contributed by atoms with E-state index in [0.717, 1.165) is 46.3 Å². The zero-order valence-corrected chi connectivity index (χ0v) is 17.1. The van der Waals surface area contributed by atoms with Gasteiger partial charge in [-0.15, -0.1) is 0 Å². The molecule has 1 aromatic carbocycles. The lowest BCUT2D eigenvalue weighted by Crippen LogP contribution is -2.29. The van der Waals surface area contributed by atoms with Crippen molar-refractivity contribution in [1.82, 2.24) is 10.3 Å². The van der Waals surface area contributed by atoms with Crippen LogP contribution in [0.4, 0.5) is 0 Å². The minimum Gasteiger partial charge on any atom is -0.469 e. The molecule has 0 aliphatic heterocycles. The first-order valence-corrected chi connectivity index (χ1v) is 10.1. The van der Waals surface area contributed by atoms with Gasteiger partial charge < -0.3 is 14.5 Å². The van der Waals surface area contributed by atoms with Crippen molar-refractivity contribution in [1.29, 1.82) is 0 Å². The topological polar surface area (TPSA) is 81.4 Å². The minimum atomic E-state index is -0.353. The van der Waals surface area contributed by atoms with E-state index in [4.69, 9.17) is 9.40 Å². The highest BCUT2D eigenvalue weighted by molar-refractivity contribution is 6.09. The van der Waals surface area contributed by atoms with E-state index in [1.165, 1.54) is 7.11 Å². The summed E-state index contributed by atoms with van der Waals surface area (Å²) in [7, 11) is 1.34. The molecule has 0 saturated heterocycles. The van der Waals surface area contributed by atoms with Crippen molar-refractivity contribution in [3.8, 4) is 0 Å². The molecule has 0 spiro atoms. The van der Waals surface area contributed by atoms with Crippen molar-refractivity contribution in [2.75, 3.05) is 13.7 Å². The molecule has 6 nitrogen and oxygen atoms in total. The van der Waals surface area contributed by atoms with Gasteiger partial charge in [-0.3, -0.25) is 9.59 Å². The van der Waals surface area contributed by atoms with Crippen molar-refractivity contribution in [2.24, 2.45) is 5.92 Å². The number of allylic oxidation sites excluding steroid dienone is 1. The summed E-state index contributed by atoms with van der Waals surface area (Å²) in [5.41, 5.74) is 4.27. The van der Waals surface area contributed by atoms with Gasteiger partial charge in [0.15, 0.2) is 0 Å². The van der Waals surface area contributed by atoms with Crippen LogP contribution in [0.25, 0.3) is 22.6 Å². The van der Waals surface area contributed by atoms with Crippen LogP contribution in [0.1, 0.15) is 47.1 Å². The molecule has 1 aliphatic carbocycles. The van der Waals surface area contributed by atoms with E-state index in [9.17, 15) is 9.59 Å². The molecule has 154 valence electrons. The van der Waals surface area contributed by atoms with Gasteiger partial charge in [0.2, 0.25) is 0 Å². The summed E-state index contributed by atoms with van der Waals surface area (Å²) in [5, 5.41) is 3.69. The number of para-hydroxylation sites is 1. The number of carbonyl (C=O) groups is 2. The van der Waals surface area contributed by atoms with Gasteiger partial charge in [-0.2, -0.15) is 0 Å². The molecule has 2 heterocycles. The Morgan fingerprint density at radius 1 is 1.23 bits per heavy atom. The van der Waals surface area contributed by atoms with Crippen LogP contribution in [0, 0.1) is 5.92 Å². The SMILES string of the molecule is COC(=O)CCNC(=O)c1c2c(nc3ccccc13)/C(=C/c1ccco1)CC(C)C2. The van der Waals surface area contributed by atoms with E-state index in [-0.39, 0.29) is 24.8 Å². The van der Waals surface area contributed by atoms with Crippen LogP contribution in [0.15, 0.2) is 47.1 Å². The summed E-state index contributed by atoms with van der Waals surface area (Å²) in [6, 6.07) is 11.4. The number of benzene rings is 1. The third-order valence-electron chi connectivity index (χ3n) is 5.35. The van der Waals surface area contributed by atoms with Gasteiger partial charge in [0.1, 0.15) is 5.76 Å². The molecule has 30 heavy (non-hydrogen) atoms. The van der Waals surface area contributed by atoms with Crippen LogP contribution in [-0.2, 0) is 16.0 Å². The molecule has 0 saturated carbocycles. The Morgan fingerprint density at radius 3 is 2.83 bits per heavy atom. The van der Waals surface area contributed by atoms with Crippen LogP contribution in [0.3, 0.4) is 0 Å². The zero-order valence-electron chi connectivity index (χ0n) is 17.1. The number of nitrogens with one attached hydrogen (secondary N) is 1. The number of nitrogens with zero attached hydrogens (tertiary/aromatic N) is 1. The second kappa shape index (κ2) is 8.53. The van der Waals surface area contributed by atoms with Crippen molar-refractivity contribution >= 4 is 34.4 Å². The first-order valence-electron chi connectivity index (χ1n) is 10.1. The third kappa shape index (κ3) is 3.99. The number of ether oxygens (including phenoxy) is 1. The second-order valence-electron chi connectivity index (χ2n) is 7.61. The molecule has 4 rings (SSSR count). The molecule has 1 amide bonds. The maximum absolute atomic E-state index is 13.2. The fourth-order valence-corrected chi connectivity index (χ4v) is 4.01. The number of aromatic nitrogens is 1. The van der Waals surface area contributed by atoms with Crippen molar-refractivity contribution in [3.05, 3.63) is 65.2 Å². The van der Waals surface area contributed by atoms with E-state index in [0.29, 0.717) is 11.5 Å². The van der Waals surface area contributed by atoms with E-state index >= 15 is 0 Å². The lowest BCUT2D eigenvalue weighted by molar-refractivity contribution is -0.140. The van der Waals surface area contributed by atoms with E-state index in [1.54, 1.807) is 6.26 Å². The summed E-state index contributed by atoms with van der Waals surface area (Å²) < 4.78 is 10.2. The number of carbonyl (C=O) groups excluding carboxylic acids is 2. The molecule has 1 aliphatic rings. The Bertz CT molecular complexity index is 1120. The van der Waals surface area contributed by atoms with Crippen LogP contribution in [-0.4, -0.2) is 30.5 Å². The molecule has 6 heteroatoms. The molecule has 1 atom stereocenters. The van der Waals surface area contributed by atoms with E-state index in [1.807, 2.05) is 42.5 Å². The van der Waals surface area contributed by atoms with Crippen molar-refractivity contribution in [2.45, 2.75) is 26.2 Å². The quantitative estimate of drug-likeness (QED) is 0.643. The number of amides is 1. The number of furan rings is 1. The predicted octanol–water partition coefficient (Wildman–Crippen LogP) is 4.24. The van der Waals surface area contributed by atoms with Gasteiger partial charge in [-0.05, 0) is 54.2 Å². The summed E-state index contributed by atoms with van der Waals surface area (Å²) in [6.45, 7) is 2.40. The van der Waals surface area contributed by atoms with Crippen molar-refractivity contribution < 1.29 is 18.7 Å². The highest BCUT2D eigenvalue weighted by Crippen LogP contribution is 2.38. The Labute approximate surface area is 174 Å². The summed E-state index contributed by atoms with van der Waals surface area (Å²) in [5.74, 6) is 0.585. The first-order chi connectivity index (χ1) is 14.6. The predicted molar refractivity (Wildman–Crippen MR) is 115 cm³/mol. The molecule has 0 radical (unpaired) electrons. The van der Waals surface area contributed by atoms with Gasteiger partial charge in [0, 0.05) is 11.9 Å². The van der Waals surface area contributed by atoms with Gasteiger partial charge in [-0.25, -0.2) is 4.98 Å². The molecule has 0 bridgehead atoms. The number of hydrogen-bond donors (Lipinski definition) is 1. The Morgan fingerprint density at radius 2 is 2.07 bits per heavy atom. The number of hydrogen-bond acceptors (Lipinski definition) is 5. The summed E-state index contributed by atoms with van der Waals surface area (Å²) in [4.78, 5) is 29.5. The molecule has 0 fully saturated rings. The zero-order chi connectivity index (χ0) is 21.1. The van der Waals surface area contributed by atoms with Crippen LogP contribution in [0.5, 0.6) is 0 Å². The van der Waals surface area contributed by atoms with E-state index < -0.39 is 0 Å². The highest BCUT2D eigenvalue weighted by Gasteiger charge is 2.28. The molecule has 3 aromatic rings.